The van der Waals surface area contributed by atoms with Crippen molar-refractivity contribution in [2.24, 2.45) is 11.7 Å². The Balaban J connectivity index is 2.04. The van der Waals surface area contributed by atoms with Crippen molar-refractivity contribution in [1.29, 1.82) is 0 Å². The van der Waals surface area contributed by atoms with Gasteiger partial charge in [-0.05, 0) is 30.0 Å². The zero-order chi connectivity index (χ0) is 9.26. The van der Waals surface area contributed by atoms with Crippen molar-refractivity contribution in [3.8, 4) is 0 Å². The van der Waals surface area contributed by atoms with Gasteiger partial charge in [0.1, 0.15) is 0 Å². The summed E-state index contributed by atoms with van der Waals surface area (Å²) in [4.78, 5) is 0. The summed E-state index contributed by atoms with van der Waals surface area (Å²) in [6.45, 7) is 0. The van der Waals surface area contributed by atoms with Crippen LogP contribution >= 0.6 is 11.6 Å². The molecule has 1 aromatic carbocycles. The fourth-order valence-electron chi connectivity index (χ4n) is 1.59. The maximum atomic E-state index is 6.05. The molecule has 0 aliphatic heterocycles. The normalized spacial score (nSPS) is 18.6. The monoisotopic (exact) mass is 195 g/mol. The van der Waals surface area contributed by atoms with E-state index in [9.17, 15) is 0 Å². The van der Waals surface area contributed by atoms with Gasteiger partial charge in [0.25, 0.3) is 0 Å². The molecule has 0 radical (unpaired) electrons. The first kappa shape index (κ1) is 9.04. The van der Waals surface area contributed by atoms with Crippen molar-refractivity contribution in [3.63, 3.8) is 0 Å². The molecule has 1 fully saturated rings. The van der Waals surface area contributed by atoms with Crippen molar-refractivity contribution in [2.45, 2.75) is 25.3 Å². The van der Waals surface area contributed by atoms with Gasteiger partial charge in [-0.15, -0.1) is 0 Å². The van der Waals surface area contributed by atoms with Gasteiger partial charge in [-0.25, -0.2) is 0 Å². The number of rotatable bonds is 3. The Morgan fingerprint density at radius 3 is 2.85 bits per heavy atom. The predicted molar refractivity (Wildman–Crippen MR) is 55.7 cm³/mol. The number of halogens is 1. The maximum absolute atomic E-state index is 6.05. The lowest BCUT2D eigenvalue weighted by molar-refractivity contribution is 0.597. The minimum atomic E-state index is 0.172. The molecule has 0 heterocycles. The summed E-state index contributed by atoms with van der Waals surface area (Å²) < 4.78 is 0. The summed E-state index contributed by atoms with van der Waals surface area (Å²) in [5, 5.41) is 0.781. The van der Waals surface area contributed by atoms with Crippen molar-refractivity contribution in [1.82, 2.24) is 0 Å². The van der Waals surface area contributed by atoms with Gasteiger partial charge in [-0.3, -0.25) is 0 Å². The molecule has 1 atom stereocenters. The third-order valence-corrected chi connectivity index (χ3v) is 2.80. The van der Waals surface area contributed by atoms with Crippen LogP contribution in [0.3, 0.4) is 0 Å². The molecule has 0 aromatic heterocycles. The van der Waals surface area contributed by atoms with Crippen molar-refractivity contribution in [2.75, 3.05) is 0 Å². The topological polar surface area (TPSA) is 26.0 Å². The molecule has 1 nitrogen and oxygen atoms in total. The molecule has 0 amide bonds. The lowest BCUT2D eigenvalue weighted by atomic mass is 10.0. The van der Waals surface area contributed by atoms with E-state index in [-0.39, 0.29) is 6.04 Å². The second-order valence-corrected chi connectivity index (χ2v) is 4.28. The molecule has 2 N–H and O–H groups in total. The highest BCUT2D eigenvalue weighted by Gasteiger charge is 2.24. The van der Waals surface area contributed by atoms with Crippen LogP contribution < -0.4 is 5.73 Å². The fourth-order valence-corrected chi connectivity index (χ4v) is 1.78. The van der Waals surface area contributed by atoms with Gasteiger partial charge in [0.05, 0.1) is 0 Å². The molecule has 0 spiro atoms. The molecule has 13 heavy (non-hydrogen) atoms. The molecule has 2 heteroatoms. The molecule has 70 valence electrons. The molecule has 1 saturated carbocycles. The Bertz CT molecular complexity index is 294. The van der Waals surface area contributed by atoms with E-state index in [1.165, 1.54) is 18.4 Å². The van der Waals surface area contributed by atoms with E-state index in [4.69, 9.17) is 17.3 Å². The highest BCUT2D eigenvalue weighted by Crippen LogP contribution is 2.36. The Labute approximate surface area is 83.9 Å². The number of hydrogen-bond donors (Lipinski definition) is 1. The van der Waals surface area contributed by atoms with Crippen LogP contribution in [0.1, 0.15) is 30.9 Å². The van der Waals surface area contributed by atoms with Crippen LogP contribution in [0.2, 0.25) is 5.02 Å². The minimum absolute atomic E-state index is 0.172. The lowest BCUT2D eigenvalue weighted by Crippen LogP contribution is -2.10. The highest BCUT2D eigenvalue weighted by atomic mass is 35.5. The van der Waals surface area contributed by atoms with Gasteiger partial charge in [0.2, 0.25) is 0 Å². The zero-order valence-electron chi connectivity index (χ0n) is 7.54. The van der Waals surface area contributed by atoms with Crippen LogP contribution in [0.4, 0.5) is 0 Å². The first-order valence-corrected chi connectivity index (χ1v) is 5.14. The Morgan fingerprint density at radius 1 is 1.46 bits per heavy atom. The van der Waals surface area contributed by atoms with E-state index in [2.05, 4.69) is 6.07 Å². The van der Waals surface area contributed by atoms with Gasteiger partial charge < -0.3 is 5.73 Å². The Kier molecular flexibility index (Phi) is 2.56. The van der Waals surface area contributed by atoms with E-state index < -0.39 is 0 Å². The van der Waals surface area contributed by atoms with Crippen LogP contribution in [0.5, 0.6) is 0 Å². The molecule has 0 unspecified atom stereocenters. The second kappa shape index (κ2) is 3.69. The molecule has 0 saturated heterocycles. The Hall–Kier alpha value is -0.530. The van der Waals surface area contributed by atoms with Gasteiger partial charge in [0, 0.05) is 11.1 Å². The van der Waals surface area contributed by atoms with Crippen LogP contribution in [0.25, 0.3) is 0 Å². The summed E-state index contributed by atoms with van der Waals surface area (Å²) in [5.74, 6) is 0.869. The third-order valence-electron chi connectivity index (χ3n) is 2.56. The van der Waals surface area contributed by atoms with Gasteiger partial charge in [-0.1, -0.05) is 36.6 Å². The molecule has 0 bridgehead atoms. The first-order chi connectivity index (χ1) is 6.25. The van der Waals surface area contributed by atoms with E-state index in [1.54, 1.807) is 0 Å². The Morgan fingerprint density at radius 2 is 2.23 bits per heavy atom. The number of nitrogens with two attached hydrogens (primary N) is 1. The summed E-state index contributed by atoms with van der Waals surface area (Å²) in [6.07, 6.45) is 3.82. The van der Waals surface area contributed by atoms with Crippen LogP contribution in [0, 0.1) is 5.92 Å². The SMILES string of the molecule is N[C@H](CC1CC1)c1cccc(Cl)c1. The summed E-state index contributed by atoms with van der Waals surface area (Å²) in [7, 11) is 0. The van der Waals surface area contributed by atoms with E-state index in [1.807, 2.05) is 18.2 Å². The quantitative estimate of drug-likeness (QED) is 0.788. The summed E-state index contributed by atoms with van der Waals surface area (Å²) in [6, 6.07) is 8.04. The summed E-state index contributed by atoms with van der Waals surface area (Å²) in [5.41, 5.74) is 7.21. The van der Waals surface area contributed by atoms with Gasteiger partial charge in [0.15, 0.2) is 0 Å². The third kappa shape index (κ3) is 2.45. The molecule has 1 aromatic rings. The fraction of sp³-hybridized carbons (Fsp3) is 0.455. The number of benzene rings is 1. The molecule has 2 rings (SSSR count). The average molecular weight is 196 g/mol. The van der Waals surface area contributed by atoms with E-state index in [0.717, 1.165) is 17.4 Å². The predicted octanol–water partition coefficient (Wildman–Crippen LogP) is 3.14. The molecular formula is C11H14ClN. The van der Waals surface area contributed by atoms with Crippen molar-refractivity contribution in [3.05, 3.63) is 34.9 Å². The second-order valence-electron chi connectivity index (χ2n) is 3.84. The van der Waals surface area contributed by atoms with E-state index in [0.29, 0.717) is 0 Å². The molecular weight excluding hydrogens is 182 g/mol. The highest BCUT2D eigenvalue weighted by molar-refractivity contribution is 6.30. The van der Waals surface area contributed by atoms with E-state index >= 15 is 0 Å². The van der Waals surface area contributed by atoms with Crippen molar-refractivity contribution >= 4 is 11.6 Å². The standard InChI is InChI=1S/C11H14ClN/c12-10-3-1-2-9(7-10)11(13)6-8-4-5-8/h1-3,7-8,11H,4-6,13H2/t11-/m1/s1. The van der Waals surface area contributed by atoms with Crippen LogP contribution in [0.15, 0.2) is 24.3 Å². The zero-order valence-corrected chi connectivity index (χ0v) is 8.30. The smallest absolute Gasteiger partial charge is 0.0409 e. The summed E-state index contributed by atoms with van der Waals surface area (Å²) >= 11 is 5.89. The largest absolute Gasteiger partial charge is 0.324 e. The average Bonchev–Trinajstić information content (AvgIpc) is 2.88. The van der Waals surface area contributed by atoms with Crippen LogP contribution in [-0.2, 0) is 0 Å². The van der Waals surface area contributed by atoms with Gasteiger partial charge >= 0.3 is 0 Å². The number of hydrogen-bond acceptors (Lipinski definition) is 1. The van der Waals surface area contributed by atoms with Gasteiger partial charge in [-0.2, -0.15) is 0 Å². The molecule has 1 aliphatic rings. The molecule has 1 aliphatic carbocycles. The maximum Gasteiger partial charge on any atom is 0.0409 e. The first-order valence-electron chi connectivity index (χ1n) is 4.77. The van der Waals surface area contributed by atoms with Crippen molar-refractivity contribution < 1.29 is 0 Å². The minimum Gasteiger partial charge on any atom is -0.324 e. The van der Waals surface area contributed by atoms with Crippen LogP contribution in [-0.4, -0.2) is 0 Å². The lowest BCUT2D eigenvalue weighted by Gasteiger charge is -2.11.